The molecule has 0 radical (unpaired) electrons. The number of hydrogen-bond donors (Lipinski definition) is 0. The number of imide groups is 1. The van der Waals surface area contributed by atoms with Crippen molar-refractivity contribution in [3.05, 3.63) is 71.3 Å². The van der Waals surface area contributed by atoms with Crippen LogP contribution in [-0.2, 0) is 4.74 Å². The van der Waals surface area contributed by atoms with Gasteiger partial charge < -0.3 is 4.74 Å². The van der Waals surface area contributed by atoms with Gasteiger partial charge in [-0.3, -0.25) is 14.5 Å². The molecule has 0 unspecified atom stereocenters. The van der Waals surface area contributed by atoms with Crippen LogP contribution >= 0.6 is 0 Å². The van der Waals surface area contributed by atoms with E-state index in [-0.39, 0.29) is 24.0 Å². The Bertz CT molecular complexity index is 736. The van der Waals surface area contributed by atoms with Gasteiger partial charge in [0.2, 0.25) is 0 Å². The average molecular weight is 321 g/mol. The van der Waals surface area contributed by atoms with E-state index in [4.69, 9.17) is 4.74 Å². The summed E-state index contributed by atoms with van der Waals surface area (Å²) in [4.78, 5) is 26.3. The molecule has 0 aliphatic carbocycles. The van der Waals surface area contributed by atoms with E-state index in [1.54, 1.807) is 24.3 Å². The van der Waals surface area contributed by atoms with E-state index in [0.717, 1.165) is 24.8 Å². The van der Waals surface area contributed by atoms with Crippen molar-refractivity contribution in [2.75, 3.05) is 6.54 Å². The van der Waals surface area contributed by atoms with Gasteiger partial charge in [-0.25, -0.2) is 0 Å². The summed E-state index contributed by atoms with van der Waals surface area (Å²) >= 11 is 0. The van der Waals surface area contributed by atoms with E-state index in [9.17, 15) is 9.59 Å². The molecule has 4 heteroatoms. The van der Waals surface area contributed by atoms with Crippen LogP contribution in [0, 0.1) is 0 Å². The number of carbonyl (C=O) groups is 2. The van der Waals surface area contributed by atoms with Crippen LogP contribution in [0.3, 0.4) is 0 Å². The lowest BCUT2D eigenvalue weighted by Gasteiger charge is -2.32. The van der Waals surface area contributed by atoms with Crippen LogP contribution in [0.4, 0.5) is 0 Å². The van der Waals surface area contributed by atoms with Crippen LogP contribution in [0.1, 0.15) is 51.6 Å². The maximum absolute atomic E-state index is 12.5. The smallest absolute Gasteiger partial charge is 0.261 e. The topological polar surface area (TPSA) is 46.6 Å². The molecule has 0 bridgehead atoms. The second-order valence-electron chi connectivity index (χ2n) is 6.35. The lowest BCUT2D eigenvalue weighted by molar-refractivity contribution is -0.0587. The highest BCUT2D eigenvalue weighted by molar-refractivity contribution is 6.21. The van der Waals surface area contributed by atoms with Crippen LogP contribution in [0.5, 0.6) is 0 Å². The summed E-state index contributed by atoms with van der Waals surface area (Å²) in [6.45, 7) is 0.329. The Morgan fingerprint density at radius 1 is 0.875 bits per heavy atom. The zero-order valence-corrected chi connectivity index (χ0v) is 13.4. The number of fused-ring (bicyclic) bond motifs is 1. The maximum atomic E-state index is 12.5. The molecule has 4 rings (SSSR count). The molecule has 0 spiro atoms. The highest BCUT2D eigenvalue weighted by Crippen LogP contribution is 2.32. The second kappa shape index (κ2) is 6.21. The van der Waals surface area contributed by atoms with E-state index in [1.165, 1.54) is 4.90 Å². The molecular formula is C20H19NO3. The third kappa shape index (κ3) is 2.63. The summed E-state index contributed by atoms with van der Waals surface area (Å²) < 4.78 is 6.18. The Hall–Kier alpha value is -2.46. The van der Waals surface area contributed by atoms with Gasteiger partial charge in [-0.15, -0.1) is 0 Å². The van der Waals surface area contributed by atoms with Crippen molar-refractivity contribution in [2.45, 2.75) is 31.5 Å². The van der Waals surface area contributed by atoms with Gasteiger partial charge in [-0.1, -0.05) is 42.5 Å². The highest BCUT2D eigenvalue weighted by Gasteiger charge is 2.37. The Balaban J connectivity index is 1.48. The molecular weight excluding hydrogens is 302 g/mol. The average Bonchev–Trinajstić information content (AvgIpc) is 2.88. The summed E-state index contributed by atoms with van der Waals surface area (Å²) in [5, 5.41) is 0. The first-order valence-electron chi connectivity index (χ1n) is 8.39. The highest BCUT2D eigenvalue weighted by atomic mass is 16.5. The fraction of sp³-hybridized carbons (Fsp3) is 0.300. The van der Waals surface area contributed by atoms with Crippen LogP contribution in [0.2, 0.25) is 0 Å². The predicted octanol–water partition coefficient (Wildman–Crippen LogP) is 3.59. The molecule has 2 amide bonds. The summed E-state index contributed by atoms with van der Waals surface area (Å²) in [5.41, 5.74) is 2.15. The van der Waals surface area contributed by atoms with Crippen molar-refractivity contribution in [1.82, 2.24) is 4.90 Å². The monoisotopic (exact) mass is 321 g/mol. The molecule has 24 heavy (non-hydrogen) atoms. The number of rotatable bonds is 3. The molecule has 0 saturated carbocycles. The number of amides is 2. The standard InChI is InChI=1S/C20H19NO3/c22-19-16-10-4-5-11-17(16)20(23)21(19)13-15-9-6-12-18(24-15)14-7-2-1-3-8-14/h1-5,7-8,10-11,15,18H,6,9,12-13H2/t15-,18+/m1/s1. The Labute approximate surface area is 141 Å². The molecule has 2 aromatic rings. The van der Waals surface area contributed by atoms with Gasteiger partial charge in [0.05, 0.1) is 29.9 Å². The SMILES string of the molecule is O=C1c2ccccc2C(=O)N1C[C@H]1CCC[C@@H](c2ccccc2)O1. The molecule has 2 atom stereocenters. The van der Waals surface area contributed by atoms with Crippen molar-refractivity contribution < 1.29 is 14.3 Å². The normalized spacial score (nSPS) is 23.4. The largest absolute Gasteiger partial charge is 0.368 e. The maximum Gasteiger partial charge on any atom is 0.261 e. The minimum atomic E-state index is -0.207. The molecule has 2 heterocycles. The minimum Gasteiger partial charge on any atom is -0.368 e. The lowest BCUT2D eigenvalue weighted by Crippen LogP contribution is -2.39. The van der Waals surface area contributed by atoms with Gasteiger partial charge in [-0.05, 0) is 37.0 Å². The third-order valence-electron chi connectivity index (χ3n) is 4.78. The molecule has 1 saturated heterocycles. The van der Waals surface area contributed by atoms with E-state index in [2.05, 4.69) is 12.1 Å². The van der Waals surface area contributed by atoms with Crippen LogP contribution in [0.15, 0.2) is 54.6 Å². The molecule has 2 aliphatic rings. The van der Waals surface area contributed by atoms with E-state index < -0.39 is 0 Å². The Morgan fingerprint density at radius 2 is 1.50 bits per heavy atom. The number of hydrogen-bond acceptors (Lipinski definition) is 3. The Morgan fingerprint density at radius 3 is 2.17 bits per heavy atom. The van der Waals surface area contributed by atoms with E-state index in [0.29, 0.717) is 17.7 Å². The zero-order chi connectivity index (χ0) is 16.5. The third-order valence-corrected chi connectivity index (χ3v) is 4.78. The molecule has 4 nitrogen and oxygen atoms in total. The van der Waals surface area contributed by atoms with Gasteiger partial charge in [0.25, 0.3) is 11.8 Å². The van der Waals surface area contributed by atoms with Crippen LogP contribution in [-0.4, -0.2) is 29.4 Å². The van der Waals surface area contributed by atoms with Crippen LogP contribution in [0.25, 0.3) is 0 Å². The van der Waals surface area contributed by atoms with Gasteiger partial charge in [-0.2, -0.15) is 0 Å². The summed E-state index contributed by atoms with van der Waals surface area (Å²) in [6, 6.07) is 17.1. The fourth-order valence-electron chi connectivity index (χ4n) is 3.56. The van der Waals surface area contributed by atoms with Crippen molar-refractivity contribution in [2.24, 2.45) is 0 Å². The molecule has 2 aliphatic heterocycles. The van der Waals surface area contributed by atoms with E-state index >= 15 is 0 Å². The number of nitrogens with zero attached hydrogens (tertiary/aromatic N) is 1. The van der Waals surface area contributed by atoms with Gasteiger partial charge in [0.15, 0.2) is 0 Å². The summed E-state index contributed by atoms with van der Waals surface area (Å²) in [5.74, 6) is -0.415. The molecule has 1 fully saturated rings. The summed E-state index contributed by atoms with van der Waals surface area (Å²) in [7, 11) is 0. The molecule has 2 aromatic carbocycles. The number of benzene rings is 2. The quantitative estimate of drug-likeness (QED) is 0.812. The Kier molecular flexibility index (Phi) is 3.90. The van der Waals surface area contributed by atoms with Crippen molar-refractivity contribution in [3.63, 3.8) is 0 Å². The zero-order valence-electron chi connectivity index (χ0n) is 13.4. The molecule has 0 aromatic heterocycles. The number of carbonyl (C=O) groups excluding carboxylic acids is 2. The predicted molar refractivity (Wildman–Crippen MR) is 89.7 cm³/mol. The second-order valence-corrected chi connectivity index (χ2v) is 6.35. The molecule has 122 valence electrons. The number of ether oxygens (including phenoxy) is 1. The molecule has 0 N–H and O–H groups in total. The van der Waals surface area contributed by atoms with Crippen molar-refractivity contribution in [3.8, 4) is 0 Å². The first-order valence-corrected chi connectivity index (χ1v) is 8.39. The van der Waals surface area contributed by atoms with Crippen molar-refractivity contribution in [1.29, 1.82) is 0 Å². The van der Waals surface area contributed by atoms with Gasteiger partial charge in [0, 0.05) is 0 Å². The summed E-state index contributed by atoms with van der Waals surface area (Å²) in [6.07, 6.45) is 2.82. The van der Waals surface area contributed by atoms with Crippen molar-refractivity contribution >= 4 is 11.8 Å². The van der Waals surface area contributed by atoms with E-state index in [1.807, 2.05) is 18.2 Å². The first-order chi connectivity index (χ1) is 11.7. The minimum absolute atomic E-state index is 0.0418. The van der Waals surface area contributed by atoms with Crippen LogP contribution < -0.4 is 0 Å². The van der Waals surface area contributed by atoms with Gasteiger partial charge >= 0.3 is 0 Å². The fourth-order valence-corrected chi connectivity index (χ4v) is 3.56. The first kappa shape index (κ1) is 15.1. The van der Waals surface area contributed by atoms with Gasteiger partial charge in [0.1, 0.15) is 0 Å². The lowest BCUT2D eigenvalue weighted by atomic mass is 9.98.